The molecular weight excluding hydrogens is 292 g/mol. The minimum Gasteiger partial charge on any atom is -0.508 e. The highest BCUT2D eigenvalue weighted by Crippen LogP contribution is 2.30. The van der Waals surface area contributed by atoms with E-state index in [0.29, 0.717) is 17.0 Å². The fourth-order valence-corrected chi connectivity index (χ4v) is 2.72. The van der Waals surface area contributed by atoms with Crippen LogP contribution in [-0.4, -0.2) is 21.0 Å². The van der Waals surface area contributed by atoms with E-state index >= 15 is 0 Å². The molecule has 0 atom stereocenters. The number of phenols is 1. The maximum Gasteiger partial charge on any atom is 0.360 e. The van der Waals surface area contributed by atoms with Gasteiger partial charge in [-0.1, -0.05) is 6.07 Å². The van der Waals surface area contributed by atoms with E-state index < -0.39 is 5.97 Å². The Morgan fingerprint density at radius 2 is 1.96 bits per heavy atom. The predicted octanol–water partition coefficient (Wildman–Crippen LogP) is 3.88. The number of benzene rings is 2. The SMILES string of the molecule is Cc1ccc2[nH]ccc2c1OC(=O)c1cc2ccc(O)cc2[nH]1. The van der Waals surface area contributed by atoms with Crippen LogP contribution in [0.25, 0.3) is 21.8 Å². The van der Waals surface area contributed by atoms with Crippen LogP contribution in [0.2, 0.25) is 0 Å². The molecule has 4 rings (SSSR count). The molecule has 5 heteroatoms. The summed E-state index contributed by atoms with van der Waals surface area (Å²) in [6.07, 6.45) is 1.81. The third-order valence-electron chi connectivity index (χ3n) is 3.90. The lowest BCUT2D eigenvalue weighted by Gasteiger charge is -2.08. The van der Waals surface area contributed by atoms with Gasteiger partial charge >= 0.3 is 5.97 Å². The smallest absolute Gasteiger partial charge is 0.360 e. The first-order valence-corrected chi connectivity index (χ1v) is 7.22. The van der Waals surface area contributed by atoms with Gasteiger partial charge in [-0.2, -0.15) is 0 Å². The van der Waals surface area contributed by atoms with Crippen molar-refractivity contribution >= 4 is 27.8 Å². The van der Waals surface area contributed by atoms with Gasteiger partial charge in [0.1, 0.15) is 17.2 Å². The highest BCUT2D eigenvalue weighted by atomic mass is 16.5. The van der Waals surface area contributed by atoms with Crippen molar-refractivity contribution in [2.24, 2.45) is 0 Å². The van der Waals surface area contributed by atoms with Crippen molar-refractivity contribution in [3.8, 4) is 11.5 Å². The Balaban J connectivity index is 1.73. The predicted molar refractivity (Wildman–Crippen MR) is 88.0 cm³/mol. The first-order chi connectivity index (χ1) is 11.1. The molecule has 0 aliphatic rings. The highest BCUT2D eigenvalue weighted by Gasteiger charge is 2.16. The summed E-state index contributed by atoms with van der Waals surface area (Å²) in [5.41, 5.74) is 2.84. The van der Waals surface area contributed by atoms with Crippen LogP contribution in [0.3, 0.4) is 0 Å². The zero-order valence-corrected chi connectivity index (χ0v) is 12.4. The molecule has 5 nitrogen and oxygen atoms in total. The number of aryl methyl sites for hydroxylation is 1. The summed E-state index contributed by atoms with van der Waals surface area (Å²) in [5.74, 6) is 0.236. The molecular formula is C18H14N2O3. The summed E-state index contributed by atoms with van der Waals surface area (Å²) in [6, 6.07) is 12.4. The van der Waals surface area contributed by atoms with Crippen molar-refractivity contribution < 1.29 is 14.6 Å². The average molecular weight is 306 g/mol. The maximum absolute atomic E-state index is 12.5. The van der Waals surface area contributed by atoms with E-state index in [-0.39, 0.29) is 5.75 Å². The van der Waals surface area contributed by atoms with Gasteiger partial charge in [0, 0.05) is 34.1 Å². The minimum absolute atomic E-state index is 0.146. The van der Waals surface area contributed by atoms with E-state index in [9.17, 15) is 9.90 Å². The zero-order chi connectivity index (χ0) is 16.0. The number of esters is 1. The van der Waals surface area contributed by atoms with Gasteiger partial charge in [-0.05, 0) is 42.8 Å². The van der Waals surface area contributed by atoms with Crippen LogP contribution in [0.4, 0.5) is 0 Å². The second kappa shape index (κ2) is 4.91. The molecule has 2 aromatic carbocycles. The van der Waals surface area contributed by atoms with Crippen molar-refractivity contribution in [2.45, 2.75) is 6.92 Å². The number of phenolic OH excluding ortho intramolecular Hbond substituents is 1. The number of aromatic hydroxyl groups is 1. The molecule has 0 aliphatic carbocycles. The molecule has 0 fully saturated rings. The summed E-state index contributed by atoms with van der Waals surface area (Å²) >= 11 is 0. The zero-order valence-electron chi connectivity index (χ0n) is 12.4. The number of ether oxygens (including phenoxy) is 1. The lowest BCUT2D eigenvalue weighted by atomic mass is 10.1. The fraction of sp³-hybridized carbons (Fsp3) is 0.0556. The molecule has 0 saturated carbocycles. The number of rotatable bonds is 2. The number of aromatic nitrogens is 2. The van der Waals surface area contributed by atoms with Gasteiger partial charge in [0.25, 0.3) is 0 Å². The number of H-pyrrole nitrogens is 2. The highest BCUT2D eigenvalue weighted by molar-refractivity contribution is 5.98. The largest absolute Gasteiger partial charge is 0.508 e. The van der Waals surface area contributed by atoms with Gasteiger partial charge in [0.05, 0.1) is 0 Å². The van der Waals surface area contributed by atoms with Crippen molar-refractivity contribution in [1.82, 2.24) is 9.97 Å². The molecule has 2 aromatic heterocycles. The molecule has 0 aliphatic heterocycles. The molecule has 0 saturated heterocycles. The van der Waals surface area contributed by atoms with Crippen LogP contribution in [0.15, 0.2) is 48.7 Å². The average Bonchev–Trinajstić information content (AvgIpc) is 3.15. The summed E-state index contributed by atoms with van der Waals surface area (Å²) in [6.45, 7) is 1.90. The summed E-state index contributed by atoms with van der Waals surface area (Å²) in [4.78, 5) is 18.5. The minimum atomic E-state index is -0.461. The van der Waals surface area contributed by atoms with Crippen molar-refractivity contribution in [1.29, 1.82) is 0 Å². The second-order valence-corrected chi connectivity index (χ2v) is 5.49. The quantitative estimate of drug-likeness (QED) is 0.388. The van der Waals surface area contributed by atoms with E-state index in [1.54, 1.807) is 24.3 Å². The molecule has 23 heavy (non-hydrogen) atoms. The van der Waals surface area contributed by atoms with Crippen LogP contribution in [0, 0.1) is 6.92 Å². The fourth-order valence-electron chi connectivity index (χ4n) is 2.72. The Morgan fingerprint density at radius 3 is 2.83 bits per heavy atom. The Morgan fingerprint density at radius 1 is 1.09 bits per heavy atom. The van der Waals surface area contributed by atoms with Crippen LogP contribution < -0.4 is 4.74 Å². The topological polar surface area (TPSA) is 78.1 Å². The Hall–Kier alpha value is -3.21. The number of carbonyl (C=O) groups excluding carboxylic acids is 1. The van der Waals surface area contributed by atoms with Crippen molar-refractivity contribution in [2.75, 3.05) is 0 Å². The van der Waals surface area contributed by atoms with Gasteiger partial charge in [0.2, 0.25) is 0 Å². The second-order valence-electron chi connectivity index (χ2n) is 5.49. The van der Waals surface area contributed by atoms with Crippen LogP contribution in [0.5, 0.6) is 11.5 Å². The van der Waals surface area contributed by atoms with Gasteiger partial charge < -0.3 is 19.8 Å². The lowest BCUT2D eigenvalue weighted by molar-refractivity contribution is 0.0731. The van der Waals surface area contributed by atoms with Crippen molar-refractivity contribution in [3.63, 3.8) is 0 Å². The number of fused-ring (bicyclic) bond motifs is 2. The molecule has 0 spiro atoms. The number of aromatic amines is 2. The number of nitrogens with one attached hydrogen (secondary N) is 2. The Labute approximate surface area is 131 Å². The van der Waals surface area contributed by atoms with Crippen LogP contribution in [0.1, 0.15) is 16.1 Å². The number of carbonyl (C=O) groups is 1. The van der Waals surface area contributed by atoms with Crippen molar-refractivity contribution in [3.05, 3.63) is 59.9 Å². The normalized spacial score (nSPS) is 11.2. The van der Waals surface area contributed by atoms with E-state index in [0.717, 1.165) is 21.9 Å². The standard InChI is InChI=1S/C18H14N2O3/c1-10-2-5-14-13(6-7-19-14)17(10)23-18(22)16-8-11-3-4-12(21)9-15(11)20-16/h2-9,19-21H,1H3. The molecule has 0 amide bonds. The third-order valence-corrected chi connectivity index (χ3v) is 3.90. The number of hydrogen-bond donors (Lipinski definition) is 3. The van der Waals surface area contributed by atoms with E-state index in [1.165, 1.54) is 0 Å². The monoisotopic (exact) mass is 306 g/mol. The van der Waals surface area contributed by atoms with Crippen LogP contribution in [-0.2, 0) is 0 Å². The van der Waals surface area contributed by atoms with E-state index in [4.69, 9.17) is 4.74 Å². The van der Waals surface area contributed by atoms with E-state index in [1.807, 2.05) is 31.3 Å². The van der Waals surface area contributed by atoms with Gasteiger partial charge in [-0.25, -0.2) is 4.79 Å². The molecule has 0 bridgehead atoms. The molecule has 4 aromatic rings. The molecule has 0 radical (unpaired) electrons. The Bertz CT molecular complexity index is 1040. The lowest BCUT2D eigenvalue weighted by Crippen LogP contribution is -2.09. The van der Waals surface area contributed by atoms with Gasteiger partial charge in [0.15, 0.2) is 0 Å². The maximum atomic E-state index is 12.5. The van der Waals surface area contributed by atoms with Gasteiger partial charge in [-0.3, -0.25) is 0 Å². The van der Waals surface area contributed by atoms with E-state index in [2.05, 4.69) is 9.97 Å². The summed E-state index contributed by atoms with van der Waals surface area (Å²) in [5, 5.41) is 11.2. The van der Waals surface area contributed by atoms with Crippen LogP contribution >= 0.6 is 0 Å². The first kappa shape index (κ1) is 13.5. The molecule has 3 N–H and O–H groups in total. The van der Waals surface area contributed by atoms with Gasteiger partial charge in [-0.15, -0.1) is 0 Å². The Kier molecular flexibility index (Phi) is 2.87. The summed E-state index contributed by atoms with van der Waals surface area (Å²) in [7, 11) is 0. The first-order valence-electron chi connectivity index (χ1n) is 7.22. The number of hydrogen-bond acceptors (Lipinski definition) is 3. The third kappa shape index (κ3) is 2.23. The molecule has 0 unspecified atom stereocenters. The summed E-state index contributed by atoms with van der Waals surface area (Å²) < 4.78 is 5.61. The molecule has 2 heterocycles. The molecule has 114 valence electrons.